The van der Waals surface area contributed by atoms with Crippen molar-refractivity contribution >= 4 is 40.9 Å². The zero-order valence-electron chi connectivity index (χ0n) is 11.6. The summed E-state index contributed by atoms with van der Waals surface area (Å²) in [6.07, 6.45) is 3.35. The topological polar surface area (TPSA) is 85.4 Å². The average molecular weight is 336 g/mol. The second-order valence-corrected chi connectivity index (χ2v) is 5.73. The first-order valence-electron chi connectivity index (χ1n) is 6.15. The molecule has 0 radical (unpaired) electrons. The molecular formula is C14H12N2O4S2. The quantitative estimate of drug-likeness (QED) is 0.664. The van der Waals surface area contributed by atoms with E-state index in [1.165, 1.54) is 23.1 Å². The van der Waals surface area contributed by atoms with Crippen LogP contribution in [0.1, 0.15) is 20.0 Å². The zero-order valence-corrected chi connectivity index (χ0v) is 13.2. The van der Waals surface area contributed by atoms with Crippen molar-refractivity contribution in [2.24, 2.45) is 0 Å². The van der Waals surface area contributed by atoms with Gasteiger partial charge in [-0.2, -0.15) is 0 Å². The molecule has 2 aromatic rings. The summed E-state index contributed by atoms with van der Waals surface area (Å²) in [6, 6.07) is 6.47. The molecule has 0 saturated heterocycles. The predicted octanol–water partition coefficient (Wildman–Crippen LogP) is 1.98. The lowest BCUT2D eigenvalue weighted by atomic mass is 10.3. The van der Waals surface area contributed by atoms with Gasteiger partial charge in [0.1, 0.15) is 5.03 Å². The highest BCUT2D eigenvalue weighted by molar-refractivity contribution is 7.98. The Morgan fingerprint density at radius 2 is 2.14 bits per heavy atom. The lowest BCUT2D eigenvalue weighted by Crippen LogP contribution is -2.33. The Morgan fingerprint density at radius 3 is 2.82 bits per heavy atom. The third-order valence-electron chi connectivity index (χ3n) is 2.52. The Hall–Kier alpha value is -2.19. The SMILES string of the molecule is CSc1ncccc1C(=O)OCC(=O)NC(=O)c1cccs1. The van der Waals surface area contributed by atoms with Gasteiger partial charge in [0.25, 0.3) is 11.8 Å². The van der Waals surface area contributed by atoms with Crippen molar-refractivity contribution < 1.29 is 19.1 Å². The number of nitrogens with one attached hydrogen (secondary N) is 1. The van der Waals surface area contributed by atoms with Gasteiger partial charge in [-0.1, -0.05) is 6.07 Å². The number of aromatic nitrogens is 1. The van der Waals surface area contributed by atoms with Crippen LogP contribution in [0.3, 0.4) is 0 Å². The number of amides is 2. The van der Waals surface area contributed by atoms with E-state index in [1.54, 1.807) is 42.1 Å². The smallest absolute Gasteiger partial charge is 0.341 e. The molecule has 0 unspecified atom stereocenters. The number of carbonyl (C=O) groups is 3. The normalized spacial score (nSPS) is 10.0. The number of imide groups is 1. The molecule has 6 nitrogen and oxygen atoms in total. The molecule has 0 aliphatic carbocycles. The van der Waals surface area contributed by atoms with Gasteiger partial charge in [0, 0.05) is 6.20 Å². The minimum atomic E-state index is -0.679. The maximum atomic E-state index is 11.9. The van der Waals surface area contributed by atoms with Crippen LogP contribution in [-0.4, -0.2) is 35.6 Å². The molecule has 0 saturated carbocycles. The van der Waals surface area contributed by atoms with Crippen LogP contribution in [0.4, 0.5) is 0 Å². The summed E-state index contributed by atoms with van der Waals surface area (Å²) in [5, 5.41) is 4.40. The third-order valence-corrected chi connectivity index (χ3v) is 4.10. The first-order valence-corrected chi connectivity index (χ1v) is 8.26. The summed E-state index contributed by atoms with van der Waals surface area (Å²) in [4.78, 5) is 39.6. The minimum Gasteiger partial charge on any atom is -0.452 e. The third kappa shape index (κ3) is 4.15. The minimum absolute atomic E-state index is 0.285. The maximum Gasteiger partial charge on any atom is 0.341 e. The highest BCUT2D eigenvalue weighted by Crippen LogP contribution is 2.17. The summed E-state index contributed by atoms with van der Waals surface area (Å²) < 4.78 is 4.90. The van der Waals surface area contributed by atoms with Crippen LogP contribution in [-0.2, 0) is 9.53 Å². The van der Waals surface area contributed by atoms with Crippen molar-refractivity contribution in [2.75, 3.05) is 12.9 Å². The van der Waals surface area contributed by atoms with Crippen LogP contribution in [0.5, 0.6) is 0 Å². The molecule has 2 aromatic heterocycles. The number of pyridine rings is 1. The Kier molecular flexibility index (Phi) is 5.68. The van der Waals surface area contributed by atoms with E-state index in [9.17, 15) is 14.4 Å². The zero-order chi connectivity index (χ0) is 15.9. The largest absolute Gasteiger partial charge is 0.452 e. The number of hydrogen-bond donors (Lipinski definition) is 1. The maximum absolute atomic E-state index is 11.9. The number of carbonyl (C=O) groups excluding carboxylic acids is 3. The highest BCUT2D eigenvalue weighted by atomic mass is 32.2. The van der Waals surface area contributed by atoms with E-state index in [1.807, 2.05) is 0 Å². The molecule has 22 heavy (non-hydrogen) atoms. The fourth-order valence-corrected chi connectivity index (χ4v) is 2.71. The van der Waals surface area contributed by atoms with Crippen LogP contribution in [0.15, 0.2) is 40.9 Å². The van der Waals surface area contributed by atoms with Crippen molar-refractivity contribution in [1.29, 1.82) is 0 Å². The molecule has 0 spiro atoms. The van der Waals surface area contributed by atoms with E-state index in [2.05, 4.69) is 10.3 Å². The molecule has 0 fully saturated rings. The van der Waals surface area contributed by atoms with Crippen molar-refractivity contribution in [3.8, 4) is 0 Å². The van der Waals surface area contributed by atoms with E-state index < -0.39 is 24.4 Å². The second kappa shape index (κ2) is 7.71. The molecular weight excluding hydrogens is 324 g/mol. The van der Waals surface area contributed by atoms with E-state index in [4.69, 9.17) is 4.74 Å². The van der Waals surface area contributed by atoms with Gasteiger partial charge in [-0.15, -0.1) is 23.1 Å². The van der Waals surface area contributed by atoms with Gasteiger partial charge in [-0.25, -0.2) is 9.78 Å². The summed E-state index contributed by atoms with van der Waals surface area (Å²) in [7, 11) is 0. The predicted molar refractivity (Wildman–Crippen MR) is 83.1 cm³/mol. The molecule has 2 rings (SSSR count). The molecule has 2 heterocycles. The fraction of sp³-hybridized carbons (Fsp3) is 0.143. The van der Waals surface area contributed by atoms with Crippen molar-refractivity contribution in [3.63, 3.8) is 0 Å². The Morgan fingerprint density at radius 1 is 1.32 bits per heavy atom. The molecule has 0 aliphatic heterocycles. The van der Waals surface area contributed by atoms with Crippen LogP contribution >= 0.6 is 23.1 Å². The summed E-state index contributed by atoms with van der Waals surface area (Å²) in [6.45, 7) is -0.529. The van der Waals surface area contributed by atoms with E-state index in [0.717, 1.165) is 0 Å². The van der Waals surface area contributed by atoms with Gasteiger partial charge in [0.05, 0.1) is 10.4 Å². The number of nitrogens with zero attached hydrogens (tertiary/aromatic N) is 1. The average Bonchev–Trinajstić information content (AvgIpc) is 3.07. The molecule has 0 atom stereocenters. The summed E-state index contributed by atoms with van der Waals surface area (Å²) in [5.41, 5.74) is 0.285. The molecule has 0 bridgehead atoms. The van der Waals surface area contributed by atoms with Crippen LogP contribution in [0, 0.1) is 0 Å². The van der Waals surface area contributed by atoms with Crippen LogP contribution in [0.2, 0.25) is 0 Å². The lowest BCUT2D eigenvalue weighted by molar-refractivity contribution is -0.123. The van der Waals surface area contributed by atoms with Gasteiger partial charge in [0.15, 0.2) is 6.61 Å². The first-order chi connectivity index (χ1) is 10.6. The number of ether oxygens (including phenoxy) is 1. The van der Waals surface area contributed by atoms with Gasteiger partial charge in [0.2, 0.25) is 0 Å². The Bertz CT molecular complexity index is 686. The van der Waals surface area contributed by atoms with Gasteiger partial charge in [-0.3, -0.25) is 14.9 Å². The monoisotopic (exact) mass is 336 g/mol. The van der Waals surface area contributed by atoms with Gasteiger partial charge >= 0.3 is 5.97 Å². The molecule has 0 aromatic carbocycles. The molecule has 8 heteroatoms. The molecule has 1 N–H and O–H groups in total. The lowest BCUT2D eigenvalue weighted by Gasteiger charge is -2.07. The number of hydrogen-bond acceptors (Lipinski definition) is 7. The summed E-state index contributed by atoms with van der Waals surface area (Å²) in [5.74, 6) is -1.85. The van der Waals surface area contributed by atoms with Crippen molar-refractivity contribution in [1.82, 2.24) is 10.3 Å². The molecule has 114 valence electrons. The van der Waals surface area contributed by atoms with E-state index >= 15 is 0 Å². The summed E-state index contributed by atoms with van der Waals surface area (Å²) >= 11 is 2.52. The Labute approximate surface area is 134 Å². The fourth-order valence-electron chi connectivity index (χ4n) is 1.55. The van der Waals surface area contributed by atoms with Crippen molar-refractivity contribution in [2.45, 2.75) is 5.03 Å². The Balaban J connectivity index is 1.88. The van der Waals surface area contributed by atoms with E-state index in [-0.39, 0.29) is 5.56 Å². The second-order valence-electron chi connectivity index (χ2n) is 3.99. The molecule has 2 amide bonds. The van der Waals surface area contributed by atoms with Gasteiger partial charge in [-0.05, 0) is 29.8 Å². The highest BCUT2D eigenvalue weighted by Gasteiger charge is 2.16. The van der Waals surface area contributed by atoms with Crippen LogP contribution in [0.25, 0.3) is 0 Å². The van der Waals surface area contributed by atoms with E-state index in [0.29, 0.717) is 9.90 Å². The first kappa shape index (κ1) is 16.2. The van der Waals surface area contributed by atoms with Crippen LogP contribution < -0.4 is 5.32 Å². The number of thiophene rings is 1. The van der Waals surface area contributed by atoms with Crippen molar-refractivity contribution in [3.05, 3.63) is 46.3 Å². The number of esters is 1. The number of thioether (sulfide) groups is 1. The standard InChI is InChI=1S/C14H12N2O4S2/c1-21-13-9(4-2-6-15-13)14(19)20-8-11(17)16-12(18)10-5-3-7-22-10/h2-7H,8H2,1H3,(H,16,17,18). The molecule has 0 aliphatic rings. The van der Waals surface area contributed by atoms with Gasteiger partial charge < -0.3 is 4.74 Å². The number of rotatable bonds is 5.